The van der Waals surface area contributed by atoms with Crippen molar-refractivity contribution >= 4 is 55.4 Å². The van der Waals surface area contributed by atoms with Crippen LogP contribution < -0.4 is 0 Å². The highest BCUT2D eigenvalue weighted by atomic mass is 15.0. The fourth-order valence-electron chi connectivity index (χ4n) is 9.23. The van der Waals surface area contributed by atoms with Crippen molar-refractivity contribution in [2.75, 3.05) is 0 Å². The Morgan fingerprint density at radius 1 is 0.508 bits per heavy atom. The van der Waals surface area contributed by atoms with Gasteiger partial charge in [0.25, 0.3) is 0 Å². The minimum absolute atomic E-state index is 0.636. The largest absolute Gasteiger partial charge is 0.308 e. The van der Waals surface area contributed by atoms with Crippen LogP contribution in [0.4, 0.5) is 0 Å². The molecule has 0 N–H and O–H groups in total. The lowest BCUT2D eigenvalue weighted by Gasteiger charge is -2.17. The predicted molar refractivity (Wildman–Crippen MR) is 267 cm³/mol. The van der Waals surface area contributed by atoms with Crippen LogP contribution in [0.2, 0.25) is 0 Å². The van der Waals surface area contributed by atoms with Gasteiger partial charge in [-0.1, -0.05) is 201 Å². The molecule has 2 heterocycles. The highest BCUT2D eigenvalue weighted by molar-refractivity contribution is 6.28. The maximum atomic E-state index is 5.60. The molecule has 0 aliphatic carbocycles. The standard InChI is InChI=1S/C60H43N3/c1-40-17-9-11-23-49(40)52-26-14-13-24-50(52)41(2)42-33-35-48(36-34-42)63-57-28-16-15-27-53(57)54-39-47-22-10-12-25-51(47)58(59(54)63)60-61-55(45-20-7-4-8-21-45)37-38-56(62-60)46-31-29-44(30-32-46)43-18-5-3-6-19-43/h3-37,39H,2,38H2,1H3. The second-order valence-electron chi connectivity index (χ2n) is 16.2. The molecule has 0 bridgehead atoms. The van der Waals surface area contributed by atoms with Crippen molar-refractivity contribution in [1.82, 2.24) is 4.57 Å². The number of hydrogen-bond donors (Lipinski definition) is 0. The number of hydrogen-bond acceptors (Lipinski definition) is 2. The van der Waals surface area contributed by atoms with Crippen LogP contribution in [0.1, 0.15) is 39.8 Å². The van der Waals surface area contributed by atoms with E-state index >= 15 is 0 Å². The number of fused-ring (bicyclic) bond motifs is 4. The summed E-state index contributed by atoms with van der Waals surface area (Å²) < 4.78 is 2.41. The van der Waals surface area contributed by atoms with Gasteiger partial charge in [-0.2, -0.15) is 0 Å². The summed E-state index contributed by atoms with van der Waals surface area (Å²) in [5, 5.41) is 4.57. The average Bonchev–Trinajstić information content (AvgIpc) is 3.50. The summed E-state index contributed by atoms with van der Waals surface area (Å²) in [6, 6.07) is 75.6. The second-order valence-corrected chi connectivity index (χ2v) is 16.2. The van der Waals surface area contributed by atoms with Crippen LogP contribution in [0.3, 0.4) is 0 Å². The average molecular weight is 806 g/mol. The van der Waals surface area contributed by atoms with E-state index in [2.05, 4.69) is 236 Å². The number of para-hydroxylation sites is 1. The van der Waals surface area contributed by atoms with Gasteiger partial charge >= 0.3 is 0 Å². The lowest BCUT2D eigenvalue weighted by atomic mass is 9.90. The Balaban J connectivity index is 1.11. The molecular formula is C60H43N3. The normalized spacial score (nSPS) is 12.8. The Kier molecular flexibility index (Phi) is 9.63. The minimum atomic E-state index is 0.636. The van der Waals surface area contributed by atoms with Gasteiger partial charge in [0, 0.05) is 22.9 Å². The first-order chi connectivity index (χ1) is 31.1. The number of aliphatic imine (C=N–C) groups is 2. The van der Waals surface area contributed by atoms with Crippen LogP contribution in [0.5, 0.6) is 0 Å². The molecule has 10 aromatic rings. The maximum absolute atomic E-state index is 5.60. The van der Waals surface area contributed by atoms with Gasteiger partial charge in [0.05, 0.1) is 28.0 Å². The van der Waals surface area contributed by atoms with Crippen LogP contribution in [0, 0.1) is 6.92 Å². The van der Waals surface area contributed by atoms with Gasteiger partial charge in [-0.15, -0.1) is 0 Å². The molecule has 1 aromatic heterocycles. The lowest BCUT2D eigenvalue weighted by Crippen LogP contribution is -2.08. The Morgan fingerprint density at radius 3 is 1.87 bits per heavy atom. The Morgan fingerprint density at radius 2 is 1.11 bits per heavy atom. The molecule has 1 aliphatic rings. The zero-order valence-corrected chi connectivity index (χ0v) is 35.0. The third-order valence-corrected chi connectivity index (χ3v) is 12.4. The van der Waals surface area contributed by atoms with E-state index in [-0.39, 0.29) is 0 Å². The van der Waals surface area contributed by atoms with Crippen molar-refractivity contribution in [1.29, 1.82) is 0 Å². The van der Waals surface area contributed by atoms with Gasteiger partial charge in [0.2, 0.25) is 0 Å². The van der Waals surface area contributed by atoms with Gasteiger partial charge in [0.15, 0.2) is 5.84 Å². The van der Waals surface area contributed by atoms with Crippen molar-refractivity contribution in [2.24, 2.45) is 9.98 Å². The van der Waals surface area contributed by atoms with Gasteiger partial charge < -0.3 is 4.57 Å². The van der Waals surface area contributed by atoms with Crippen LogP contribution in [0.15, 0.2) is 235 Å². The predicted octanol–water partition coefficient (Wildman–Crippen LogP) is 15.3. The summed E-state index contributed by atoms with van der Waals surface area (Å²) in [6.07, 6.45) is 2.87. The molecule has 0 amide bonds. The highest BCUT2D eigenvalue weighted by Gasteiger charge is 2.24. The molecule has 0 saturated carbocycles. The van der Waals surface area contributed by atoms with E-state index in [4.69, 9.17) is 9.98 Å². The summed E-state index contributed by atoms with van der Waals surface area (Å²) in [6.45, 7) is 6.83. The third-order valence-electron chi connectivity index (χ3n) is 12.4. The zero-order chi connectivity index (χ0) is 42.3. The van der Waals surface area contributed by atoms with E-state index in [1.165, 1.54) is 33.2 Å². The van der Waals surface area contributed by atoms with Crippen molar-refractivity contribution in [3.63, 3.8) is 0 Å². The second kappa shape index (κ2) is 16.0. The fourth-order valence-corrected chi connectivity index (χ4v) is 9.23. The summed E-state index contributed by atoms with van der Waals surface area (Å²) in [7, 11) is 0. The molecule has 0 spiro atoms. The van der Waals surface area contributed by atoms with E-state index in [1.54, 1.807) is 0 Å². The molecular weight excluding hydrogens is 763 g/mol. The molecule has 11 rings (SSSR count). The van der Waals surface area contributed by atoms with Gasteiger partial charge in [0.1, 0.15) is 0 Å². The third kappa shape index (κ3) is 6.90. The first-order valence-corrected chi connectivity index (χ1v) is 21.6. The number of rotatable bonds is 8. The van der Waals surface area contributed by atoms with E-state index in [0.29, 0.717) is 12.3 Å². The molecule has 298 valence electrons. The molecule has 0 fully saturated rings. The molecule has 3 nitrogen and oxygen atoms in total. The van der Waals surface area contributed by atoms with Crippen LogP contribution in [-0.4, -0.2) is 16.1 Å². The molecule has 0 radical (unpaired) electrons. The topological polar surface area (TPSA) is 29.6 Å². The molecule has 0 unspecified atom stereocenters. The van der Waals surface area contributed by atoms with Crippen molar-refractivity contribution < 1.29 is 0 Å². The Labute approximate surface area is 368 Å². The molecule has 1 aliphatic heterocycles. The maximum Gasteiger partial charge on any atom is 0.162 e. The number of nitrogens with zero attached hydrogens (tertiary/aromatic N) is 3. The first kappa shape index (κ1) is 37.8. The van der Waals surface area contributed by atoms with Crippen molar-refractivity contribution in [2.45, 2.75) is 13.3 Å². The summed E-state index contributed by atoms with van der Waals surface area (Å²) in [5.74, 6) is 0.688. The highest BCUT2D eigenvalue weighted by Crippen LogP contribution is 2.40. The molecule has 63 heavy (non-hydrogen) atoms. The molecule has 0 saturated heterocycles. The SMILES string of the molecule is C=C(c1ccc(-n2c3ccccc3c3cc4ccccc4c(C4=NC(c5ccccc5)=CCC(c5ccc(-c6ccccc6)cc5)=N4)c32)cc1)c1ccccc1-c1ccccc1C. The van der Waals surface area contributed by atoms with Crippen LogP contribution >= 0.6 is 0 Å². The summed E-state index contributed by atoms with van der Waals surface area (Å²) in [4.78, 5) is 11.1. The monoisotopic (exact) mass is 805 g/mol. The van der Waals surface area contributed by atoms with Gasteiger partial charge in [-0.25, -0.2) is 9.98 Å². The van der Waals surface area contributed by atoms with Crippen LogP contribution in [-0.2, 0) is 0 Å². The van der Waals surface area contributed by atoms with E-state index < -0.39 is 0 Å². The van der Waals surface area contributed by atoms with Crippen molar-refractivity contribution in [3.8, 4) is 27.9 Å². The number of benzene rings is 9. The summed E-state index contributed by atoms with van der Waals surface area (Å²) >= 11 is 0. The quantitative estimate of drug-likeness (QED) is 0.146. The zero-order valence-electron chi connectivity index (χ0n) is 35.0. The summed E-state index contributed by atoms with van der Waals surface area (Å²) in [5.41, 5.74) is 17.4. The van der Waals surface area contributed by atoms with Crippen molar-refractivity contribution in [3.05, 3.63) is 258 Å². The first-order valence-electron chi connectivity index (χ1n) is 21.6. The minimum Gasteiger partial charge on any atom is -0.308 e. The van der Waals surface area contributed by atoms with E-state index in [0.717, 1.165) is 77.7 Å². The van der Waals surface area contributed by atoms with E-state index in [9.17, 15) is 0 Å². The number of allylic oxidation sites excluding steroid dienone is 1. The fraction of sp³-hybridized carbons (Fsp3) is 0.0333. The lowest BCUT2D eigenvalue weighted by molar-refractivity contribution is 1.18. The Bertz CT molecular complexity index is 3460. The number of amidine groups is 1. The van der Waals surface area contributed by atoms with Gasteiger partial charge in [-0.05, 0) is 97.6 Å². The number of aryl methyl sites for hydroxylation is 1. The van der Waals surface area contributed by atoms with E-state index in [1.807, 2.05) is 0 Å². The Hall–Kier alpha value is -8.14. The molecule has 3 heteroatoms. The molecule has 9 aromatic carbocycles. The molecule has 0 atom stereocenters. The van der Waals surface area contributed by atoms with Crippen LogP contribution in [0.25, 0.3) is 71.8 Å². The smallest absolute Gasteiger partial charge is 0.162 e. The van der Waals surface area contributed by atoms with Gasteiger partial charge in [-0.3, -0.25) is 0 Å². The number of aromatic nitrogens is 1.